The van der Waals surface area contributed by atoms with Gasteiger partial charge in [-0.3, -0.25) is 4.79 Å². The Morgan fingerprint density at radius 2 is 2.33 bits per heavy atom. The molecular weight excluding hydrogens is 194 g/mol. The summed E-state index contributed by atoms with van der Waals surface area (Å²) in [4.78, 5) is 17.6. The second-order valence-corrected chi connectivity index (χ2v) is 3.28. The van der Waals surface area contributed by atoms with Crippen molar-refractivity contribution in [1.29, 1.82) is 0 Å². The lowest BCUT2D eigenvalue weighted by Gasteiger charge is -2.08. The molecule has 4 N–H and O–H groups in total. The molecule has 2 rings (SSSR count). The highest BCUT2D eigenvalue weighted by Gasteiger charge is 2.06. The molecule has 0 saturated heterocycles. The number of aromatic nitrogens is 2. The van der Waals surface area contributed by atoms with E-state index in [-0.39, 0.29) is 12.1 Å². The van der Waals surface area contributed by atoms with Crippen LogP contribution in [0.4, 0.5) is 0 Å². The summed E-state index contributed by atoms with van der Waals surface area (Å²) in [6.45, 7) is 0.162. The van der Waals surface area contributed by atoms with Crippen LogP contribution in [0.2, 0.25) is 0 Å². The van der Waals surface area contributed by atoms with Crippen LogP contribution in [-0.2, 0) is 0 Å². The largest absolute Gasteiger partial charge is 0.387 e. The van der Waals surface area contributed by atoms with E-state index in [0.29, 0.717) is 16.6 Å². The summed E-state index contributed by atoms with van der Waals surface area (Å²) < 4.78 is 0. The molecule has 2 aromatic rings. The van der Waals surface area contributed by atoms with Gasteiger partial charge in [-0.05, 0) is 17.7 Å². The number of nitrogens with one attached hydrogen (secondary N) is 1. The first-order chi connectivity index (χ1) is 7.20. The van der Waals surface area contributed by atoms with Gasteiger partial charge in [0.05, 0.1) is 23.3 Å². The number of hydrogen-bond acceptors (Lipinski definition) is 4. The molecule has 1 aromatic carbocycles. The van der Waals surface area contributed by atoms with E-state index in [1.807, 2.05) is 0 Å². The summed E-state index contributed by atoms with van der Waals surface area (Å²) in [6.07, 6.45) is 0.518. The van der Waals surface area contributed by atoms with Crippen LogP contribution in [0.15, 0.2) is 29.2 Å². The van der Waals surface area contributed by atoms with E-state index in [1.54, 1.807) is 18.2 Å². The quantitative estimate of drug-likeness (QED) is 0.639. The van der Waals surface area contributed by atoms with E-state index in [2.05, 4.69) is 9.97 Å². The summed E-state index contributed by atoms with van der Waals surface area (Å²) >= 11 is 0. The zero-order valence-corrected chi connectivity index (χ0v) is 7.97. The van der Waals surface area contributed by atoms with Crippen LogP contribution in [0.5, 0.6) is 0 Å². The number of aliphatic hydroxyl groups excluding tert-OH is 1. The van der Waals surface area contributed by atoms with Crippen molar-refractivity contribution < 1.29 is 5.11 Å². The number of H-pyrrole nitrogens is 1. The Labute approximate surface area is 85.6 Å². The fraction of sp³-hybridized carbons (Fsp3) is 0.200. The average molecular weight is 205 g/mol. The van der Waals surface area contributed by atoms with E-state index in [0.717, 1.165) is 0 Å². The van der Waals surface area contributed by atoms with Gasteiger partial charge in [0.15, 0.2) is 0 Å². The Kier molecular flexibility index (Phi) is 2.49. The Morgan fingerprint density at radius 1 is 1.53 bits per heavy atom. The molecule has 1 aromatic heterocycles. The molecule has 0 amide bonds. The third kappa shape index (κ3) is 1.88. The highest BCUT2D eigenvalue weighted by Crippen LogP contribution is 2.15. The molecule has 0 aliphatic carbocycles. The number of benzene rings is 1. The van der Waals surface area contributed by atoms with Gasteiger partial charge in [-0.1, -0.05) is 6.07 Å². The number of nitrogens with zero attached hydrogens (tertiary/aromatic N) is 1. The highest BCUT2D eigenvalue weighted by atomic mass is 16.3. The molecule has 78 valence electrons. The molecule has 0 spiro atoms. The molecule has 1 heterocycles. The van der Waals surface area contributed by atoms with Crippen LogP contribution in [0.25, 0.3) is 11.0 Å². The highest BCUT2D eigenvalue weighted by molar-refractivity contribution is 5.74. The second-order valence-electron chi connectivity index (χ2n) is 3.28. The molecule has 1 atom stereocenters. The molecule has 5 heteroatoms. The molecule has 1 unspecified atom stereocenters. The molecular formula is C10H11N3O2. The minimum absolute atomic E-state index is 0.162. The molecule has 0 fully saturated rings. The van der Waals surface area contributed by atoms with Crippen LogP contribution in [0.1, 0.15) is 11.7 Å². The Morgan fingerprint density at radius 3 is 3.07 bits per heavy atom. The summed E-state index contributed by atoms with van der Waals surface area (Å²) in [5.74, 6) is 0. The van der Waals surface area contributed by atoms with Gasteiger partial charge in [0.1, 0.15) is 0 Å². The van der Waals surface area contributed by atoms with E-state index >= 15 is 0 Å². The fourth-order valence-electron chi connectivity index (χ4n) is 1.40. The predicted octanol–water partition coefficient (Wildman–Crippen LogP) is -0.0848. The van der Waals surface area contributed by atoms with Crippen molar-refractivity contribution in [3.05, 3.63) is 40.3 Å². The average Bonchev–Trinajstić information content (AvgIpc) is 2.27. The zero-order chi connectivity index (χ0) is 10.8. The van der Waals surface area contributed by atoms with Crippen molar-refractivity contribution in [1.82, 2.24) is 9.97 Å². The van der Waals surface area contributed by atoms with Gasteiger partial charge in [-0.25, -0.2) is 4.98 Å². The third-order valence-electron chi connectivity index (χ3n) is 2.21. The van der Waals surface area contributed by atoms with Gasteiger partial charge in [0.25, 0.3) is 5.56 Å². The van der Waals surface area contributed by atoms with Crippen LogP contribution < -0.4 is 11.3 Å². The Balaban J connectivity index is 2.57. The maximum absolute atomic E-state index is 11.0. The Hall–Kier alpha value is -1.72. The maximum Gasteiger partial charge on any atom is 0.266 e. The standard InChI is InChI=1S/C10H11N3O2/c11-4-9(14)6-1-2-7-8(3-6)12-5-10(15)13-7/h1-3,5,9,14H,4,11H2,(H,13,15). The van der Waals surface area contributed by atoms with Gasteiger partial charge < -0.3 is 15.8 Å². The first kappa shape index (κ1) is 9.82. The summed E-state index contributed by atoms with van der Waals surface area (Å²) in [5.41, 5.74) is 7.09. The molecule has 0 aliphatic heterocycles. The van der Waals surface area contributed by atoms with Crippen LogP contribution in [-0.4, -0.2) is 21.6 Å². The number of aliphatic hydroxyl groups is 1. The maximum atomic E-state index is 11.0. The monoisotopic (exact) mass is 205 g/mol. The van der Waals surface area contributed by atoms with Crippen molar-refractivity contribution in [2.75, 3.05) is 6.54 Å². The van der Waals surface area contributed by atoms with Crippen LogP contribution >= 0.6 is 0 Å². The van der Waals surface area contributed by atoms with Crippen molar-refractivity contribution in [2.45, 2.75) is 6.10 Å². The Bertz CT molecular complexity index is 535. The lowest BCUT2D eigenvalue weighted by atomic mass is 10.1. The van der Waals surface area contributed by atoms with Gasteiger partial charge in [0.2, 0.25) is 0 Å². The smallest absolute Gasteiger partial charge is 0.266 e. The van der Waals surface area contributed by atoms with Gasteiger partial charge >= 0.3 is 0 Å². The molecule has 0 saturated carbocycles. The predicted molar refractivity (Wildman–Crippen MR) is 56.4 cm³/mol. The SMILES string of the molecule is NCC(O)c1ccc2[nH]c(=O)cnc2c1. The second kappa shape index (κ2) is 3.80. The van der Waals surface area contributed by atoms with Crippen molar-refractivity contribution in [2.24, 2.45) is 5.73 Å². The fourth-order valence-corrected chi connectivity index (χ4v) is 1.40. The number of nitrogens with two attached hydrogens (primary N) is 1. The van der Waals surface area contributed by atoms with Crippen molar-refractivity contribution in [3.8, 4) is 0 Å². The summed E-state index contributed by atoms with van der Waals surface area (Å²) in [5, 5.41) is 9.52. The first-order valence-corrected chi connectivity index (χ1v) is 4.58. The lowest BCUT2D eigenvalue weighted by Crippen LogP contribution is -2.12. The number of fused-ring (bicyclic) bond motifs is 1. The van der Waals surface area contributed by atoms with E-state index in [4.69, 9.17) is 5.73 Å². The minimum atomic E-state index is -0.692. The molecule has 0 bridgehead atoms. The van der Waals surface area contributed by atoms with E-state index in [1.165, 1.54) is 6.20 Å². The number of aromatic amines is 1. The normalized spacial score (nSPS) is 12.9. The summed E-state index contributed by atoms with van der Waals surface area (Å²) in [6, 6.07) is 5.14. The molecule has 5 nitrogen and oxygen atoms in total. The number of rotatable bonds is 2. The lowest BCUT2D eigenvalue weighted by molar-refractivity contribution is 0.187. The summed E-state index contributed by atoms with van der Waals surface area (Å²) in [7, 11) is 0. The minimum Gasteiger partial charge on any atom is -0.387 e. The van der Waals surface area contributed by atoms with Gasteiger partial charge in [-0.15, -0.1) is 0 Å². The molecule has 0 aliphatic rings. The van der Waals surface area contributed by atoms with Crippen LogP contribution in [0, 0.1) is 0 Å². The third-order valence-corrected chi connectivity index (χ3v) is 2.21. The molecule has 15 heavy (non-hydrogen) atoms. The zero-order valence-electron chi connectivity index (χ0n) is 7.97. The molecule has 0 radical (unpaired) electrons. The van der Waals surface area contributed by atoms with E-state index < -0.39 is 6.10 Å². The van der Waals surface area contributed by atoms with E-state index in [9.17, 15) is 9.90 Å². The van der Waals surface area contributed by atoms with Crippen molar-refractivity contribution in [3.63, 3.8) is 0 Å². The van der Waals surface area contributed by atoms with Crippen LogP contribution in [0.3, 0.4) is 0 Å². The van der Waals surface area contributed by atoms with Crippen molar-refractivity contribution >= 4 is 11.0 Å². The number of hydrogen-bond donors (Lipinski definition) is 3. The topological polar surface area (TPSA) is 92.0 Å². The first-order valence-electron chi connectivity index (χ1n) is 4.58. The van der Waals surface area contributed by atoms with Gasteiger partial charge in [0, 0.05) is 6.54 Å². The van der Waals surface area contributed by atoms with Gasteiger partial charge in [-0.2, -0.15) is 0 Å².